The lowest BCUT2D eigenvalue weighted by Gasteiger charge is -2.16. The van der Waals surface area contributed by atoms with Crippen molar-refractivity contribution in [1.29, 1.82) is 0 Å². The van der Waals surface area contributed by atoms with Crippen LogP contribution in [0.3, 0.4) is 0 Å². The summed E-state index contributed by atoms with van der Waals surface area (Å²) in [7, 11) is 3.56. The average molecular weight is 215 g/mol. The van der Waals surface area contributed by atoms with Crippen LogP contribution in [0.1, 0.15) is 19.8 Å². The van der Waals surface area contributed by atoms with Crippen molar-refractivity contribution in [3.05, 3.63) is 0 Å². The number of carbonyl (C=O) groups excluding carboxylic acids is 2. The summed E-state index contributed by atoms with van der Waals surface area (Å²) in [4.78, 5) is 24.1. The molecule has 0 spiro atoms. The number of nitrogens with one attached hydrogen (secondary N) is 2. The van der Waals surface area contributed by atoms with Crippen molar-refractivity contribution in [2.45, 2.75) is 19.8 Å². The first-order chi connectivity index (χ1) is 7.11. The number of nitrogens with zero attached hydrogens (tertiary/aromatic N) is 1. The maximum atomic E-state index is 11.4. The molecule has 0 aliphatic carbocycles. The lowest BCUT2D eigenvalue weighted by molar-refractivity contribution is -0.131. The molecule has 0 saturated heterocycles. The number of amides is 2. The largest absolute Gasteiger partial charge is 0.347 e. The van der Waals surface area contributed by atoms with E-state index in [1.807, 2.05) is 14.0 Å². The highest BCUT2D eigenvalue weighted by atomic mass is 16.2. The predicted octanol–water partition coefficient (Wildman–Crippen LogP) is -0.419. The van der Waals surface area contributed by atoms with E-state index in [1.165, 1.54) is 0 Å². The van der Waals surface area contributed by atoms with Gasteiger partial charge in [-0.2, -0.15) is 0 Å². The van der Waals surface area contributed by atoms with E-state index in [2.05, 4.69) is 10.6 Å². The van der Waals surface area contributed by atoms with Crippen LogP contribution in [0.25, 0.3) is 0 Å². The van der Waals surface area contributed by atoms with E-state index in [0.29, 0.717) is 13.0 Å². The van der Waals surface area contributed by atoms with Crippen LogP contribution in [0.2, 0.25) is 0 Å². The minimum Gasteiger partial charge on any atom is -0.347 e. The molecule has 0 saturated carbocycles. The van der Waals surface area contributed by atoms with Gasteiger partial charge in [0.15, 0.2) is 0 Å². The zero-order chi connectivity index (χ0) is 11.7. The monoisotopic (exact) mass is 215 g/mol. The van der Waals surface area contributed by atoms with Crippen molar-refractivity contribution in [2.75, 3.05) is 33.7 Å². The third kappa shape index (κ3) is 6.90. The van der Waals surface area contributed by atoms with Crippen LogP contribution < -0.4 is 10.6 Å². The SMILES string of the molecule is CCCC(=O)NCC(=O)N(C)CCNC. The molecule has 0 radical (unpaired) electrons. The molecule has 2 amide bonds. The van der Waals surface area contributed by atoms with Gasteiger partial charge in [0, 0.05) is 26.6 Å². The molecular formula is C10H21N3O2. The molecule has 88 valence electrons. The zero-order valence-electron chi connectivity index (χ0n) is 9.80. The summed E-state index contributed by atoms with van der Waals surface area (Å²) in [5, 5.41) is 5.55. The summed E-state index contributed by atoms with van der Waals surface area (Å²) in [5.74, 6) is -0.123. The minimum atomic E-state index is -0.0622. The summed E-state index contributed by atoms with van der Waals surface area (Å²) >= 11 is 0. The maximum absolute atomic E-state index is 11.4. The number of hydrogen-bond donors (Lipinski definition) is 2. The fourth-order valence-corrected chi connectivity index (χ4v) is 1.03. The first-order valence-electron chi connectivity index (χ1n) is 5.27. The molecule has 5 nitrogen and oxygen atoms in total. The molecule has 0 aliphatic rings. The Morgan fingerprint density at radius 1 is 1.33 bits per heavy atom. The van der Waals surface area contributed by atoms with Gasteiger partial charge in [0.2, 0.25) is 11.8 Å². The van der Waals surface area contributed by atoms with Gasteiger partial charge in [-0.25, -0.2) is 0 Å². The van der Waals surface area contributed by atoms with Gasteiger partial charge in [0.05, 0.1) is 6.54 Å². The summed E-state index contributed by atoms with van der Waals surface area (Å²) < 4.78 is 0. The first-order valence-corrected chi connectivity index (χ1v) is 5.27. The Hall–Kier alpha value is -1.10. The van der Waals surface area contributed by atoms with Gasteiger partial charge in [-0.15, -0.1) is 0 Å². The second-order valence-corrected chi connectivity index (χ2v) is 3.45. The molecule has 15 heavy (non-hydrogen) atoms. The van der Waals surface area contributed by atoms with Crippen LogP contribution in [0.15, 0.2) is 0 Å². The smallest absolute Gasteiger partial charge is 0.241 e. The second kappa shape index (κ2) is 8.23. The van der Waals surface area contributed by atoms with Gasteiger partial charge in [-0.1, -0.05) is 6.92 Å². The Bertz CT molecular complexity index is 207. The number of carbonyl (C=O) groups is 2. The van der Waals surface area contributed by atoms with Crippen LogP contribution in [0.4, 0.5) is 0 Å². The maximum Gasteiger partial charge on any atom is 0.241 e. The topological polar surface area (TPSA) is 61.4 Å². The highest BCUT2D eigenvalue weighted by Gasteiger charge is 2.08. The Morgan fingerprint density at radius 2 is 2.00 bits per heavy atom. The van der Waals surface area contributed by atoms with Crippen LogP contribution in [-0.2, 0) is 9.59 Å². The molecule has 0 unspecified atom stereocenters. The highest BCUT2D eigenvalue weighted by Crippen LogP contribution is 1.87. The van der Waals surface area contributed by atoms with Gasteiger partial charge in [0.25, 0.3) is 0 Å². The van der Waals surface area contributed by atoms with Crippen LogP contribution in [-0.4, -0.2) is 50.4 Å². The number of rotatable bonds is 7. The van der Waals surface area contributed by atoms with Gasteiger partial charge in [-0.3, -0.25) is 9.59 Å². The van der Waals surface area contributed by atoms with Gasteiger partial charge < -0.3 is 15.5 Å². The first kappa shape index (κ1) is 13.9. The number of likely N-dealkylation sites (N-methyl/N-ethyl adjacent to an activating group) is 2. The highest BCUT2D eigenvalue weighted by molar-refractivity contribution is 5.84. The van der Waals surface area contributed by atoms with Crippen LogP contribution in [0, 0.1) is 0 Å². The van der Waals surface area contributed by atoms with E-state index < -0.39 is 0 Å². The van der Waals surface area contributed by atoms with Gasteiger partial charge in [0.1, 0.15) is 0 Å². The lowest BCUT2D eigenvalue weighted by atomic mass is 10.3. The molecule has 0 aromatic heterocycles. The van der Waals surface area contributed by atoms with Crippen molar-refractivity contribution in [1.82, 2.24) is 15.5 Å². The fourth-order valence-electron chi connectivity index (χ4n) is 1.03. The van der Waals surface area contributed by atoms with Crippen molar-refractivity contribution in [3.63, 3.8) is 0 Å². The van der Waals surface area contributed by atoms with Crippen molar-refractivity contribution >= 4 is 11.8 Å². The molecule has 0 aromatic rings. The average Bonchev–Trinajstić information content (AvgIpc) is 2.22. The lowest BCUT2D eigenvalue weighted by Crippen LogP contribution is -2.40. The summed E-state index contributed by atoms with van der Waals surface area (Å²) in [6, 6.07) is 0. The van der Waals surface area contributed by atoms with Gasteiger partial charge in [-0.05, 0) is 13.5 Å². The van der Waals surface area contributed by atoms with E-state index in [0.717, 1.165) is 13.0 Å². The third-order valence-electron chi connectivity index (χ3n) is 2.04. The Kier molecular flexibility index (Phi) is 7.62. The number of hydrogen-bond acceptors (Lipinski definition) is 3. The quantitative estimate of drug-likeness (QED) is 0.606. The standard InChI is InChI=1S/C10H21N3O2/c1-4-5-9(14)12-8-10(15)13(3)7-6-11-2/h11H,4-8H2,1-3H3,(H,12,14). The normalized spacial score (nSPS) is 9.80. The van der Waals surface area contributed by atoms with E-state index in [4.69, 9.17) is 0 Å². The summed E-state index contributed by atoms with van der Waals surface area (Å²) in [5.41, 5.74) is 0. The molecule has 0 heterocycles. The molecule has 0 atom stereocenters. The molecule has 5 heteroatoms. The van der Waals surface area contributed by atoms with E-state index in [-0.39, 0.29) is 18.4 Å². The minimum absolute atomic E-state index is 0.0605. The Balaban J connectivity index is 3.68. The Morgan fingerprint density at radius 3 is 2.53 bits per heavy atom. The summed E-state index contributed by atoms with van der Waals surface area (Å²) in [6.45, 7) is 3.43. The van der Waals surface area contributed by atoms with E-state index >= 15 is 0 Å². The summed E-state index contributed by atoms with van der Waals surface area (Å²) in [6.07, 6.45) is 1.28. The van der Waals surface area contributed by atoms with Crippen LogP contribution in [0.5, 0.6) is 0 Å². The molecular weight excluding hydrogens is 194 g/mol. The zero-order valence-corrected chi connectivity index (χ0v) is 9.80. The molecule has 0 aromatic carbocycles. The second-order valence-electron chi connectivity index (χ2n) is 3.45. The van der Waals surface area contributed by atoms with Crippen molar-refractivity contribution in [3.8, 4) is 0 Å². The predicted molar refractivity (Wildman–Crippen MR) is 59.5 cm³/mol. The fraction of sp³-hybridized carbons (Fsp3) is 0.800. The third-order valence-corrected chi connectivity index (χ3v) is 2.04. The van der Waals surface area contributed by atoms with E-state index in [1.54, 1.807) is 11.9 Å². The molecule has 0 bridgehead atoms. The molecule has 0 rings (SSSR count). The molecule has 0 aliphatic heterocycles. The molecule has 0 fully saturated rings. The van der Waals surface area contributed by atoms with Crippen LogP contribution >= 0.6 is 0 Å². The van der Waals surface area contributed by atoms with Crippen molar-refractivity contribution < 1.29 is 9.59 Å². The molecule has 2 N–H and O–H groups in total. The van der Waals surface area contributed by atoms with Crippen molar-refractivity contribution in [2.24, 2.45) is 0 Å². The van der Waals surface area contributed by atoms with E-state index in [9.17, 15) is 9.59 Å². The van der Waals surface area contributed by atoms with Gasteiger partial charge >= 0.3 is 0 Å². The Labute approximate surface area is 91.2 Å².